The maximum Gasteiger partial charge on any atom is 0.361 e. The van der Waals surface area contributed by atoms with E-state index in [1.54, 1.807) is 83.1 Å². The van der Waals surface area contributed by atoms with E-state index in [0.717, 1.165) is 0 Å². The molecule has 0 fully saturated rings. The minimum absolute atomic E-state index is 0.0220. The first kappa shape index (κ1) is 78.4. The quantitative estimate of drug-likeness (QED) is 0.0228. The number of hydrogen-bond acceptors (Lipinski definition) is 24. The minimum atomic E-state index is -4.31. The van der Waals surface area contributed by atoms with Crippen LogP contribution in [0.15, 0.2) is 72.8 Å². The molecule has 0 unspecified atom stereocenters. The zero-order chi connectivity index (χ0) is 70.6. The van der Waals surface area contributed by atoms with E-state index in [-0.39, 0.29) is 178 Å². The second-order valence-electron chi connectivity index (χ2n) is 21.7. The number of phenols is 6. The summed E-state index contributed by atoms with van der Waals surface area (Å²) in [5, 5.41) is 76.3. The van der Waals surface area contributed by atoms with Crippen molar-refractivity contribution in [1.29, 1.82) is 0 Å². The summed E-state index contributed by atoms with van der Waals surface area (Å²) in [6, 6.07) is 16.3. The molecule has 6 aromatic carbocycles. The van der Waals surface area contributed by atoms with Gasteiger partial charge in [-0.25, -0.2) is 0 Å². The first-order valence-corrected chi connectivity index (χ1v) is 41.3. The summed E-state index contributed by atoms with van der Waals surface area (Å²) in [5.41, 5.74) is -0.264. The monoisotopic (exact) mass is 1450 g/mol. The maximum absolute atomic E-state index is 15.1. The van der Waals surface area contributed by atoms with Crippen LogP contribution in [0.1, 0.15) is 150 Å². The summed E-state index contributed by atoms with van der Waals surface area (Å²) in [4.78, 5) is 0. The van der Waals surface area contributed by atoms with Crippen LogP contribution in [0.4, 0.5) is 0 Å². The number of phenolic OH excluding ortho intramolecular Hbond substituents is 6. The summed E-state index contributed by atoms with van der Waals surface area (Å²) >= 11 is 0. The van der Waals surface area contributed by atoms with Gasteiger partial charge in [-0.05, 0) is 223 Å². The van der Waals surface area contributed by atoms with Gasteiger partial charge in [-0.3, -0.25) is 27.4 Å². The van der Waals surface area contributed by atoms with E-state index >= 15 is 27.4 Å². The fraction of sp³-hybridized carbons (Fsp3) is 0.455. The van der Waals surface area contributed by atoms with Gasteiger partial charge >= 0.3 is 45.6 Å². The van der Waals surface area contributed by atoms with Crippen molar-refractivity contribution in [3.8, 4) is 34.5 Å². The van der Waals surface area contributed by atoms with Gasteiger partial charge in [0.25, 0.3) is 0 Å². The van der Waals surface area contributed by atoms with Gasteiger partial charge in [-0.2, -0.15) is 0 Å². The molecule has 96 heavy (non-hydrogen) atoms. The van der Waals surface area contributed by atoms with Crippen molar-refractivity contribution >= 4 is 77.4 Å². The van der Waals surface area contributed by atoms with Crippen LogP contribution in [0.25, 0.3) is 0 Å². The highest BCUT2D eigenvalue weighted by Crippen LogP contribution is 2.55. The third-order valence-electron chi connectivity index (χ3n) is 15.3. The topological polar surface area (TPSA) is 335 Å². The Morgan fingerprint density at radius 3 is 0.365 bits per heavy atom. The van der Waals surface area contributed by atoms with Crippen molar-refractivity contribution in [2.45, 2.75) is 122 Å². The second-order valence-corrected chi connectivity index (χ2v) is 33.9. The molecule has 6 N–H and O–H groups in total. The van der Waals surface area contributed by atoms with Crippen LogP contribution < -0.4 is 31.8 Å². The van der Waals surface area contributed by atoms with Gasteiger partial charge in [0.2, 0.25) is 0 Å². The van der Waals surface area contributed by atoms with E-state index in [0.29, 0.717) is 0 Å². The van der Waals surface area contributed by atoms with Gasteiger partial charge in [-0.15, -0.1) is 0 Å². The molecular weight excluding hydrogens is 1360 g/mol. The van der Waals surface area contributed by atoms with Crippen molar-refractivity contribution < 1.29 is 112 Å². The van der Waals surface area contributed by atoms with Gasteiger partial charge in [0, 0.05) is 38.5 Å². The smallest absolute Gasteiger partial charge is 0.361 e. The van der Waals surface area contributed by atoms with Crippen molar-refractivity contribution in [3.63, 3.8) is 0 Å². The van der Waals surface area contributed by atoms with Gasteiger partial charge in [0.05, 0.1) is 111 Å². The number of hydrogen-bond donors (Lipinski definition) is 6. The molecule has 1 aliphatic carbocycles. The van der Waals surface area contributed by atoms with Crippen molar-refractivity contribution in [1.82, 2.24) is 0 Å². The lowest BCUT2D eigenvalue weighted by molar-refractivity contribution is 0.229. The van der Waals surface area contributed by atoms with E-state index in [9.17, 15) is 30.6 Å². The molecule has 7 rings (SSSR count). The van der Waals surface area contributed by atoms with Gasteiger partial charge in [0.1, 0.15) is 34.5 Å². The SMILES string of the molecule is CCOP(=O)(OCC)c1cc2c(O)c(c1)Cc1cc(P(=O)(OCC)OCC)cc(c1O)Cc1cc(P(=O)(OCC)OCC)cc(c1O)Cc1cc(P(=O)(OCC)OCC)cc(c1O)Cc1cc(P(=O)(OCC)OCC)cc(c1O)Cc1cc(P(=O)(OCC)OCC)cc(c1O)C2. The first-order valence-electron chi connectivity index (χ1n) is 32.1. The Labute approximate surface area is 562 Å². The fourth-order valence-electron chi connectivity index (χ4n) is 11.4. The van der Waals surface area contributed by atoms with Gasteiger partial charge < -0.3 is 84.9 Å². The lowest BCUT2D eigenvalue weighted by Crippen LogP contribution is -2.17. The standard InChI is InChI=1S/C66H90O24P6/c1-13-79-91(73,80-14-2)55-31-43-25-45-33-56(92(74,81-15-3)82-16-4)35-47(62(45)68)27-49-37-58(94(76,85-19-7)86-20-8)39-51(64(49)70)29-53-41-60(96(78,89-23-11)90-24-12)42-54(66(53)72)30-52-40-59(95(77,87-21-9)88-22-10)38-50(65(52)71)28-48-36-57(93(75,83-17-5)84-18-6)34-46(63(48)69)26-44(32-55)61(43)67/h31-42,67-72H,13-30H2,1-12H3. The molecular formula is C66H90O24P6. The predicted octanol–water partition coefficient (Wildman–Crippen LogP) is 13.1. The minimum Gasteiger partial charge on any atom is -0.507 e. The van der Waals surface area contributed by atoms with Crippen LogP contribution in [0, 0.1) is 0 Å². The third-order valence-corrected chi connectivity index (χ3v) is 27.8. The lowest BCUT2D eigenvalue weighted by Gasteiger charge is -2.24. The summed E-state index contributed by atoms with van der Waals surface area (Å²) in [7, 11) is -25.9. The number of rotatable bonds is 30. The van der Waals surface area contributed by atoms with Crippen LogP contribution in [-0.4, -0.2) is 110 Å². The predicted molar refractivity (Wildman–Crippen MR) is 368 cm³/mol. The Hall–Kier alpha value is -4.98. The number of benzene rings is 6. The van der Waals surface area contributed by atoms with Crippen molar-refractivity contribution in [3.05, 3.63) is 140 Å². The molecule has 12 bridgehead atoms. The molecule has 1 aliphatic rings. The number of fused-ring (bicyclic) bond motifs is 12. The van der Waals surface area contributed by atoms with E-state index in [4.69, 9.17) is 54.3 Å². The molecule has 30 heteroatoms. The lowest BCUT2D eigenvalue weighted by atomic mass is 9.91. The van der Waals surface area contributed by atoms with E-state index < -0.39 is 119 Å². The molecule has 0 radical (unpaired) electrons. The Morgan fingerprint density at radius 1 is 0.208 bits per heavy atom. The zero-order valence-corrected chi connectivity index (χ0v) is 61.7. The maximum atomic E-state index is 15.1. The molecule has 0 heterocycles. The Morgan fingerprint density at radius 2 is 0.292 bits per heavy atom. The summed E-state index contributed by atoms with van der Waals surface area (Å²) in [5.74, 6) is -2.81. The zero-order valence-electron chi connectivity index (χ0n) is 56.4. The highest BCUT2D eigenvalue weighted by Gasteiger charge is 2.38. The normalized spacial score (nSPS) is 13.6. The van der Waals surface area contributed by atoms with Crippen LogP contribution in [-0.2, 0) is 120 Å². The van der Waals surface area contributed by atoms with Crippen molar-refractivity contribution in [2.24, 2.45) is 0 Å². The van der Waals surface area contributed by atoms with Gasteiger partial charge in [-0.1, -0.05) is 0 Å². The highest BCUT2D eigenvalue weighted by atomic mass is 31.2. The molecule has 0 amide bonds. The molecule has 0 saturated carbocycles. The van der Waals surface area contributed by atoms with E-state index in [1.807, 2.05) is 0 Å². The molecule has 24 nitrogen and oxygen atoms in total. The van der Waals surface area contributed by atoms with Crippen LogP contribution in [0.3, 0.4) is 0 Å². The molecule has 0 atom stereocenters. The van der Waals surface area contributed by atoms with Crippen LogP contribution in [0.2, 0.25) is 0 Å². The summed E-state index contributed by atoms with van der Waals surface area (Å²) in [6.45, 7) is 18.0. The molecule has 0 spiro atoms. The average Bonchev–Trinajstić information content (AvgIpc) is 0.777. The second kappa shape index (κ2) is 33.9. The van der Waals surface area contributed by atoms with Crippen LogP contribution in [0.5, 0.6) is 34.5 Å². The third kappa shape index (κ3) is 17.4. The Kier molecular flexibility index (Phi) is 27.7. The van der Waals surface area contributed by atoms with Crippen molar-refractivity contribution in [2.75, 3.05) is 79.3 Å². The van der Waals surface area contributed by atoms with E-state index in [2.05, 4.69) is 0 Å². The van der Waals surface area contributed by atoms with Gasteiger partial charge in [0.15, 0.2) is 0 Å². The average molecular weight is 1450 g/mol. The van der Waals surface area contributed by atoms with E-state index in [1.165, 1.54) is 72.8 Å². The number of aromatic hydroxyl groups is 6. The fourth-order valence-corrected chi connectivity index (χ4v) is 21.5. The molecule has 6 aromatic rings. The molecule has 0 aromatic heterocycles. The molecule has 0 saturated heterocycles. The summed E-state index contributed by atoms with van der Waals surface area (Å²) in [6.07, 6.45) is -2.70. The summed E-state index contributed by atoms with van der Waals surface area (Å²) < 4.78 is 161. The Balaban J connectivity index is 1.72. The first-order chi connectivity index (χ1) is 45.6. The highest BCUT2D eigenvalue weighted by molar-refractivity contribution is 7.63. The molecule has 528 valence electrons. The Bertz CT molecular complexity index is 3200. The van der Waals surface area contributed by atoms with Crippen LogP contribution >= 0.6 is 45.6 Å². The molecule has 0 aliphatic heterocycles. The largest absolute Gasteiger partial charge is 0.507 e.